The van der Waals surface area contributed by atoms with E-state index >= 15 is 0 Å². The number of carboxylic acid groups (broad SMARTS) is 1. The van der Waals surface area contributed by atoms with Gasteiger partial charge in [-0.1, -0.05) is 6.42 Å². The second-order valence-corrected chi connectivity index (χ2v) is 5.48. The average Bonchev–Trinajstić information content (AvgIpc) is 2.81. The quantitative estimate of drug-likeness (QED) is 0.870. The fourth-order valence-electron chi connectivity index (χ4n) is 2.57. The molecule has 0 spiro atoms. The van der Waals surface area contributed by atoms with Crippen molar-refractivity contribution in [2.75, 3.05) is 6.61 Å². The maximum absolute atomic E-state index is 12.7. The summed E-state index contributed by atoms with van der Waals surface area (Å²) in [5, 5.41) is 12.0. The van der Waals surface area contributed by atoms with E-state index in [1.165, 1.54) is 24.3 Å². The van der Waals surface area contributed by atoms with Gasteiger partial charge in [-0.2, -0.15) is 0 Å². The first-order valence-electron chi connectivity index (χ1n) is 6.83. The Morgan fingerprint density at radius 2 is 2.10 bits per heavy atom. The number of halogens is 1. The summed E-state index contributed by atoms with van der Waals surface area (Å²) in [7, 11) is 0. The van der Waals surface area contributed by atoms with Crippen molar-refractivity contribution in [3.8, 4) is 5.75 Å². The molecule has 1 fully saturated rings. The molecule has 0 heterocycles. The Hall–Kier alpha value is -2.11. The highest BCUT2D eigenvalue weighted by molar-refractivity contribution is 5.81. The van der Waals surface area contributed by atoms with E-state index in [0.717, 1.165) is 6.42 Å². The number of nitrogens with one attached hydrogen (secondary N) is 1. The van der Waals surface area contributed by atoms with Crippen LogP contribution in [0.2, 0.25) is 0 Å². The third-order valence-corrected chi connectivity index (χ3v) is 3.97. The zero-order valence-electron chi connectivity index (χ0n) is 11.8. The van der Waals surface area contributed by atoms with Crippen LogP contribution < -0.4 is 10.1 Å². The van der Waals surface area contributed by atoms with Crippen molar-refractivity contribution < 1.29 is 23.8 Å². The minimum Gasteiger partial charge on any atom is -0.484 e. The topological polar surface area (TPSA) is 75.6 Å². The zero-order valence-corrected chi connectivity index (χ0v) is 11.8. The molecular formula is C15H18FNO4. The monoisotopic (exact) mass is 295 g/mol. The summed E-state index contributed by atoms with van der Waals surface area (Å²) in [5.41, 5.74) is -0.925. The predicted molar refractivity (Wildman–Crippen MR) is 73.4 cm³/mol. The van der Waals surface area contributed by atoms with E-state index in [0.29, 0.717) is 18.6 Å². The Labute approximate surface area is 122 Å². The van der Waals surface area contributed by atoms with E-state index in [9.17, 15) is 19.1 Å². The van der Waals surface area contributed by atoms with E-state index in [1.807, 2.05) is 0 Å². The maximum Gasteiger partial charge on any atom is 0.311 e. The molecule has 21 heavy (non-hydrogen) atoms. The Morgan fingerprint density at radius 3 is 2.71 bits per heavy atom. The fourth-order valence-corrected chi connectivity index (χ4v) is 2.57. The normalized spacial score (nSPS) is 24.6. The molecule has 0 aliphatic heterocycles. The second kappa shape index (κ2) is 6.11. The summed E-state index contributed by atoms with van der Waals surface area (Å²) < 4.78 is 18.0. The standard InChI is InChI=1S/C15H18FNO4/c1-15(14(19)20)8-2-3-12(15)17-13(18)9-21-11-6-4-10(16)5-7-11/h4-7,12H,2-3,8-9H2,1H3,(H,17,18)(H,19,20). The summed E-state index contributed by atoms with van der Waals surface area (Å²) in [6, 6.07) is 4.95. The lowest BCUT2D eigenvalue weighted by molar-refractivity contribution is -0.149. The van der Waals surface area contributed by atoms with Crippen molar-refractivity contribution in [2.24, 2.45) is 5.41 Å². The van der Waals surface area contributed by atoms with Gasteiger partial charge in [-0.25, -0.2) is 4.39 Å². The van der Waals surface area contributed by atoms with Crippen LogP contribution in [0.25, 0.3) is 0 Å². The molecule has 2 rings (SSSR count). The number of aliphatic carboxylic acids is 1. The second-order valence-electron chi connectivity index (χ2n) is 5.48. The molecule has 1 aromatic carbocycles. The summed E-state index contributed by atoms with van der Waals surface area (Å²) in [6.07, 6.45) is 1.96. The predicted octanol–water partition coefficient (Wildman–Crippen LogP) is 1.96. The number of rotatable bonds is 5. The van der Waals surface area contributed by atoms with Crippen molar-refractivity contribution in [1.29, 1.82) is 0 Å². The molecule has 1 aliphatic carbocycles. The molecule has 0 bridgehead atoms. The van der Waals surface area contributed by atoms with Crippen LogP contribution in [-0.2, 0) is 9.59 Å². The first kappa shape index (κ1) is 15.3. The van der Waals surface area contributed by atoms with Gasteiger partial charge in [-0.15, -0.1) is 0 Å². The van der Waals surface area contributed by atoms with Gasteiger partial charge >= 0.3 is 5.97 Å². The highest BCUT2D eigenvalue weighted by Gasteiger charge is 2.45. The number of hydrogen-bond acceptors (Lipinski definition) is 3. The number of amides is 1. The lowest BCUT2D eigenvalue weighted by atomic mass is 9.85. The van der Waals surface area contributed by atoms with Crippen molar-refractivity contribution in [3.05, 3.63) is 30.1 Å². The van der Waals surface area contributed by atoms with E-state index in [2.05, 4.69) is 5.32 Å². The van der Waals surface area contributed by atoms with Crippen molar-refractivity contribution in [1.82, 2.24) is 5.32 Å². The summed E-state index contributed by atoms with van der Waals surface area (Å²) >= 11 is 0. The minimum absolute atomic E-state index is 0.224. The van der Waals surface area contributed by atoms with Crippen molar-refractivity contribution >= 4 is 11.9 Å². The molecule has 6 heteroatoms. The van der Waals surface area contributed by atoms with E-state index in [1.54, 1.807) is 6.92 Å². The summed E-state index contributed by atoms with van der Waals surface area (Å²) in [4.78, 5) is 23.2. The Kier molecular flexibility index (Phi) is 4.45. The van der Waals surface area contributed by atoms with Crippen LogP contribution in [-0.4, -0.2) is 29.6 Å². The van der Waals surface area contributed by atoms with Crippen LogP contribution in [0.15, 0.2) is 24.3 Å². The molecule has 1 aliphatic rings. The summed E-state index contributed by atoms with van der Waals surface area (Å²) in [6.45, 7) is 1.42. The molecule has 5 nitrogen and oxygen atoms in total. The molecule has 2 N–H and O–H groups in total. The van der Waals surface area contributed by atoms with Gasteiger partial charge in [-0.05, 0) is 44.0 Å². The molecule has 2 unspecified atom stereocenters. The van der Waals surface area contributed by atoms with Gasteiger partial charge in [0.25, 0.3) is 5.91 Å². The minimum atomic E-state index is -0.925. The molecule has 2 atom stereocenters. The van der Waals surface area contributed by atoms with Crippen LogP contribution in [0.5, 0.6) is 5.75 Å². The Bertz CT molecular complexity index is 531. The molecule has 1 aromatic rings. The number of carbonyl (C=O) groups excluding carboxylic acids is 1. The van der Waals surface area contributed by atoms with Gasteiger partial charge in [0.05, 0.1) is 5.41 Å². The molecule has 0 aromatic heterocycles. The molecule has 0 radical (unpaired) electrons. The molecular weight excluding hydrogens is 277 g/mol. The van der Waals surface area contributed by atoms with Crippen molar-refractivity contribution in [3.63, 3.8) is 0 Å². The lowest BCUT2D eigenvalue weighted by Crippen LogP contribution is -2.48. The fraction of sp³-hybridized carbons (Fsp3) is 0.467. The largest absolute Gasteiger partial charge is 0.484 e. The SMILES string of the molecule is CC1(C(=O)O)CCCC1NC(=O)COc1ccc(F)cc1. The number of hydrogen-bond donors (Lipinski definition) is 2. The third kappa shape index (κ3) is 3.51. The van der Waals surface area contributed by atoms with Gasteiger partial charge in [0.2, 0.25) is 0 Å². The van der Waals surface area contributed by atoms with Gasteiger partial charge in [0, 0.05) is 6.04 Å². The number of carbonyl (C=O) groups is 2. The van der Waals surface area contributed by atoms with E-state index < -0.39 is 11.4 Å². The zero-order chi connectivity index (χ0) is 15.5. The van der Waals surface area contributed by atoms with Gasteiger partial charge in [-0.3, -0.25) is 9.59 Å². The van der Waals surface area contributed by atoms with E-state index in [-0.39, 0.29) is 24.4 Å². The van der Waals surface area contributed by atoms with Gasteiger partial charge in [0.1, 0.15) is 11.6 Å². The Balaban J connectivity index is 1.87. The first-order chi connectivity index (χ1) is 9.91. The van der Waals surface area contributed by atoms with Crippen LogP contribution in [0.4, 0.5) is 4.39 Å². The third-order valence-electron chi connectivity index (χ3n) is 3.97. The average molecular weight is 295 g/mol. The van der Waals surface area contributed by atoms with Crippen LogP contribution >= 0.6 is 0 Å². The van der Waals surface area contributed by atoms with Crippen LogP contribution in [0, 0.1) is 11.2 Å². The van der Waals surface area contributed by atoms with Crippen LogP contribution in [0.3, 0.4) is 0 Å². The number of benzene rings is 1. The maximum atomic E-state index is 12.7. The van der Waals surface area contributed by atoms with Gasteiger partial charge < -0.3 is 15.2 Å². The smallest absolute Gasteiger partial charge is 0.311 e. The Morgan fingerprint density at radius 1 is 1.43 bits per heavy atom. The summed E-state index contributed by atoms with van der Waals surface area (Å²) in [5.74, 6) is -1.27. The lowest BCUT2D eigenvalue weighted by Gasteiger charge is -2.27. The molecule has 1 amide bonds. The molecule has 114 valence electrons. The number of carboxylic acids is 1. The first-order valence-corrected chi connectivity index (χ1v) is 6.83. The highest BCUT2D eigenvalue weighted by atomic mass is 19.1. The molecule has 1 saturated carbocycles. The highest BCUT2D eigenvalue weighted by Crippen LogP contribution is 2.38. The number of ether oxygens (including phenoxy) is 1. The molecule has 0 saturated heterocycles. The van der Waals surface area contributed by atoms with Gasteiger partial charge in [0.15, 0.2) is 6.61 Å². The van der Waals surface area contributed by atoms with E-state index in [4.69, 9.17) is 4.74 Å². The van der Waals surface area contributed by atoms with Crippen molar-refractivity contribution in [2.45, 2.75) is 32.2 Å². The van der Waals surface area contributed by atoms with Crippen LogP contribution in [0.1, 0.15) is 26.2 Å².